The van der Waals surface area contributed by atoms with Crippen LogP contribution in [0.25, 0.3) is 0 Å². The van der Waals surface area contributed by atoms with Crippen LogP contribution in [0.2, 0.25) is 0 Å². The summed E-state index contributed by atoms with van der Waals surface area (Å²) >= 11 is 0. The molecule has 0 fully saturated rings. The van der Waals surface area contributed by atoms with Crippen LogP contribution in [0.4, 0.5) is 0 Å². The number of benzene rings is 1. The third-order valence-electron chi connectivity index (χ3n) is 2.92. The van der Waals surface area contributed by atoms with Gasteiger partial charge in [0.05, 0.1) is 5.60 Å². The molecule has 0 aromatic heterocycles. The zero-order valence-corrected chi connectivity index (χ0v) is 11.9. The van der Waals surface area contributed by atoms with Crippen molar-refractivity contribution in [1.82, 2.24) is 5.32 Å². The van der Waals surface area contributed by atoms with Crippen LogP contribution >= 0.6 is 0 Å². The van der Waals surface area contributed by atoms with Gasteiger partial charge in [0, 0.05) is 18.7 Å². The standard InChI is InChI=1S/C15H24N2O2/c1-11(2)8-15(3,19)10-17-9-12-4-6-13(7-5-12)14(16)18/h4-7,11,17,19H,8-10H2,1-3H3,(H2,16,18). The fourth-order valence-electron chi connectivity index (χ4n) is 2.21. The Kier molecular flexibility index (Phi) is 5.51. The summed E-state index contributed by atoms with van der Waals surface area (Å²) in [6.07, 6.45) is 0.764. The van der Waals surface area contributed by atoms with Gasteiger partial charge in [-0.05, 0) is 37.0 Å². The molecule has 1 rings (SSSR count). The Bertz CT molecular complexity index is 411. The van der Waals surface area contributed by atoms with Crippen molar-refractivity contribution in [3.05, 3.63) is 35.4 Å². The van der Waals surface area contributed by atoms with E-state index in [0.717, 1.165) is 12.0 Å². The number of aliphatic hydroxyl groups is 1. The zero-order chi connectivity index (χ0) is 14.5. The lowest BCUT2D eigenvalue weighted by Gasteiger charge is -2.25. The third kappa shape index (κ3) is 5.85. The van der Waals surface area contributed by atoms with Gasteiger partial charge in [0.25, 0.3) is 0 Å². The van der Waals surface area contributed by atoms with Crippen molar-refractivity contribution in [2.75, 3.05) is 6.54 Å². The lowest BCUT2D eigenvalue weighted by atomic mass is 9.94. The summed E-state index contributed by atoms with van der Waals surface area (Å²) in [7, 11) is 0. The lowest BCUT2D eigenvalue weighted by molar-refractivity contribution is 0.0383. The van der Waals surface area contributed by atoms with Gasteiger partial charge in [0.2, 0.25) is 5.91 Å². The number of primary amides is 1. The third-order valence-corrected chi connectivity index (χ3v) is 2.92. The topological polar surface area (TPSA) is 75.3 Å². The number of hydrogen-bond acceptors (Lipinski definition) is 3. The monoisotopic (exact) mass is 264 g/mol. The number of carbonyl (C=O) groups excluding carboxylic acids is 1. The number of nitrogens with one attached hydrogen (secondary N) is 1. The summed E-state index contributed by atoms with van der Waals surface area (Å²) in [6, 6.07) is 7.16. The van der Waals surface area contributed by atoms with E-state index in [0.29, 0.717) is 24.6 Å². The highest BCUT2D eigenvalue weighted by atomic mass is 16.3. The second-order valence-electron chi connectivity index (χ2n) is 5.76. The first-order chi connectivity index (χ1) is 8.80. The Morgan fingerprint density at radius 3 is 2.42 bits per heavy atom. The van der Waals surface area contributed by atoms with E-state index >= 15 is 0 Å². The number of hydrogen-bond donors (Lipinski definition) is 3. The average Bonchev–Trinajstić information content (AvgIpc) is 2.27. The fraction of sp³-hybridized carbons (Fsp3) is 0.533. The van der Waals surface area contributed by atoms with Gasteiger partial charge in [-0.15, -0.1) is 0 Å². The molecule has 106 valence electrons. The van der Waals surface area contributed by atoms with Crippen LogP contribution in [0.3, 0.4) is 0 Å². The first-order valence-electron chi connectivity index (χ1n) is 6.62. The van der Waals surface area contributed by atoms with Gasteiger partial charge < -0.3 is 16.2 Å². The molecule has 0 bridgehead atoms. The fourth-order valence-corrected chi connectivity index (χ4v) is 2.21. The Labute approximate surface area is 115 Å². The maximum absolute atomic E-state index is 10.9. The summed E-state index contributed by atoms with van der Waals surface area (Å²) in [5.41, 5.74) is 6.06. The Morgan fingerprint density at radius 1 is 1.37 bits per heavy atom. The molecule has 0 aliphatic carbocycles. The number of nitrogens with two attached hydrogens (primary N) is 1. The van der Waals surface area contributed by atoms with Crippen molar-refractivity contribution in [3.63, 3.8) is 0 Å². The number of carbonyl (C=O) groups is 1. The van der Waals surface area contributed by atoms with Gasteiger partial charge in [0.1, 0.15) is 0 Å². The minimum absolute atomic E-state index is 0.417. The second-order valence-corrected chi connectivity index (χ2v) is 5.76. The molecule has 0 saturated heterocycles. The van der Waals surface area contributed by atoms with E-state index in [9.17, 15) is 9.90 Å². The second kappa shape index (κ2) is 6.68. The molecule has 1 unspecified atom stereocenters. The molecule has 19 heavy (non-hydrogen) atoms. The van der Waals surface area contributed by atoms with E-state index < -0.39 is 11.5 Å². The van der Waals surface area contributed by atoms with Crippen molar-refractivity contribution in [2.45, 2.75) is 39.3 Å². The molecule has 0 aliphatic heterocycles. The zero-order valence-electron chi connectivity index (χ0n) is 11.9. The Balaban J connectivity index is 2.42. The summed E-state index contributed by atoms with van der Waals surface area (Å²) < 4.78 is 0. The Morgan fingerprint density at radius 2 is 1.95 bits per heavy atom. The van der Waals surface area contributed by atoms with E-state index in [1.807, 2.05) is 19.1 Å². The highest BCUT2D eigenvalue weighted by molar-refractivity contribution is 5.92. The normalized spacial score (nSPS) is 14.4. The molecule has 1 atom stereocenters. The van der Waals surface area contributed by atoms with Crippen LogP contribution in [-0.4, -0.2) is 23.2 Å². The smallest absolute Gasteiger partial charge is 0.248 e. The van der Waals surface area contributed by atoms with Crippen LogP contribution < -0.4 is 11.1 Å². The molecule has 1 amide bonds. The van der Waals surface area contributed by atoms with Gasteiger partial charge in [-0.25, -0.2) is 0 Å². The predicted molar refractivity (Wildman–Crippen MR) is 76.7 cm³/mol. The molecule has 4 N–H and O–H groups in total. The molecule has 0 saturated carbocycles. The van der Waals surface area contributed by atoms with Crippen molar-refractivity contribution in [3.8, 4) is 0 Å². The van der Waals surface area contributed by atoms with E-state index in [1.54, 1.807) is 12.1 Å². The maximum Gasteiger partial charge on any atom is 0.248 e. The minimum atomic E-state index is -0.693. The van der Waals surface area contributed by atoms with Gasteiger partial charge in [-0.1, -0.05) is 26.0 Å². The van der Waals surface area contributed by atoms with Crippen LogP contribution in [0.5, 0.6) is 0 Å². The van der Waals surface area contributed by atoms with Crippen molar-refractivity contribution in [2.24, 2.45) is 11.7 Å². The predicted octanol–water partition coefficient (Wildman–Crippen LogP) is 1.67. The highest BCUT2D eigenvalue weighted by Gasteiger charge is 2.20. The lowest BCUT2D eigenvalue weighted by Crippen LogP contribution is -2.38. The molecule has 1 aromatic carbocycles. The Hall–Kier alpha value is -1.39. The molecule has 0 heterocycles. The quantitative estimate of drug-likeness (QED) is 0.701. The van der Waals surface area contributed by atoms with Gasteiger partial charge in [-0.3, -0.25) is 4.79 Å². The van der Waals surface area contributed by atoms with E-state index in [2.05, 4.69) is 19.2 Å². The van der Waals surface area contributed by atoms with Crippen molar-refractivity contribution < 1.29 is 9.90 Å². The molecule has 1 aromatic rings. The van der Waals surface area contributed by atoms with Crippen LogP contribution in [-0.2, 0) is 6.54 Å². The van der Waals surface area contributed by atoms with Crippen LogP contribution in [0.15, 0.2) is 24.3 Å². The summed E-state index contributed by atoms with van der Waals surface area (Å²) in [6.45, 7) is 7.24. The molecule has 0 spiro atoms. The number of rotatable bonds is 7. The summed E-state index contributed by atoms with van der Waals surface area (Å²) in [5.74, 6) is 0.0472. The number of amides is 1. The average molecular weight is 264 g/mol. The van der Waals surface area contributed by atoms with Crippen LogP contribution in [0.1, 0.15) is 43.1 Å². The molecule has 0 aliphatic rings. The van der Waals surface area contributed by atoms with Crippen LogP contribution in [0, 0.1) is 5.92 Å². The van der Waals surface area contributed by atoms with Crippen molar-refractivity contribution in [1.29, 1.82) is 0 Å². The molecule has 0 radical (unpaired) electrons. The highest BCUT2D eigenvalue weighted by Crippen LogP contribution is 2.15. The molecular weight excluding hydrogens is 240 g/mol. The maximum atomic E-state index is 10.9. The molecule has 4 heteroatoms. The van der Waals surface area contributed by atoms with Gasteiger partial charge in [0.15, 0.2) is 0 Å². The van der Waals surface area contributed by atoms with E-state index in [1.165, 1.54) is 0 Å². The summed E-state index contributed by atoms with van der Waals surface area (Å²) in [4.78, 5) is 10.9. The van der Waals surface area contributed by atoms with Gasteiger partial charge in [-0.2, -0.15) is 0 Å². The van der Waals surface area contributed by atoms with E-state index in [4.69, 9.17) is 5.73 Å². The first-order valence-corrected chi connectivity index (χ1v) is 6.62. The minimum Gasteiger partial charge on any atom is -0.389 e. The van der Waals surface area contributed by atoms with Gasteiger partial charge >= 0.3 is 0 Å². The summed E-state index contributed by atoms with van der Waals surface area (Å²) in [5, 5.41) is 13.4. The molecule has 4 nitrogen and oxygen atoms in total. The van der Waals surface area contributed by atoms with Crippen molar-refractivity contribution >= 4 is 5.91 Å². The SMILES string of the molecule is CC(C)CC(C)(O)CNCc1ccc(C(N)=O)cc1. The first kappa shape index (κ1) is 15.7. The largest absolute Gasteiger partial charge is 0.389 e. The van der Waals surface area contributed by atoms with E-state index in [-0.39, 0.29) is 0 Å². The molecular formula is C15H24N2O2.